The number of anilines is 1. The lowest BCUT2D eigenvalue weighted by Crippen LogP contribution is -2.04. The van der Waals surface area contributed by atoms with Crippen molar-refractivity contribution in [3.63, 3.8) is 0 Å². The summed E-state index contributed by atoms with van der Waals surface area (Å²) in [5, 5.41) is 12.4. The summed E-state index contributed by atoms with van der Waals surface area (Å²) in [4.78, 5) is 11.1. The molecular formula is C22H21NO3. The third kappa shape index (κ3) is 4.63. The molecule has 3 rings (SSSR count). The van der Waals surface area contributed by atoms with Crippen LogP contribution < -0.4 is 10.1 Å². The molecule has 0 saturated carbocycles. The van der Waals surface area contributed by atoms with Gasteiger partial charge < -0.3 is 15.2 Å². The number of benzene rings is 3. The Labute approximate surface area is 153 Å². The largest absolute Gasteiger partial charge is 0.489 e. The van der Waals surface area contributed by atoms with Crippen LogP contribution in [-0.2, 0) is 13.2 Å². The molecule has 0 atom stereocenters. The van der Waals surface area contributed by atoms with E-state index >= 15 is 0 Å². The molecule has 0 radical (unpaired) electrons. The van der Waals surface area contributed by atoms with Crippen LogP contribution in [0.5, 0.6) is 5.75 Å². The maximum atomic E-state index is 11.1. The van der Waals surface area contributed by atoms with Crippen molar-refractivity contribution in [3.8, 4) is 5.75 Å². The molecule has 0 spiro atoms. The number of rotatable bonds is 7. The molecular weight excluding hydrogens is 326 g/mol. The summed E-state index contributed by atoms with van der Waals surface area (Å²) in [6.45, 7) is 3.07. The number of aryl methyl sites for hydroxylation is 1. The topological polar surface area (TPSA) is 58.6 Å². The van der Waals surface area contributed by atoms with E-state index in [9.17, 15) is 4.79 Å². The molecule has 4 nitrogen and oxygen atoms in total. The fourth-order valence-corrected chi connectivity index (χ4v) is 2.63. The lowest BCUT2D eigenvalue weighted by Gasteiger charge is -2.12. The van der Waals surface area contributed by atoms with Gasteiger partial charge in [-0.3, -0.25) is 0 Å². The van der Waals surface area contributed by atoms with Gasteiger partial charge in [0.05, 0.1) is 5.56 Å². The lowest BCUT2D eigenvalue weighted by atomic mass is 10.1. The van der Waals surface area contributed by atoms with Gasteiger partial charge >= 0.3 is 5.97 Å². The first kappa shape index (κ1) is 17.5. The summed E-state index contributed by atoms with van der Waals surface area (Å²) in [6, 6.07) is 23.0. The van der Waals surface area contributed by atoms with E-state index in [0.717, 1.165) is 28.1 Å². The highest BCUT2D eigenvalue weighted by Gasteiger charge is 2.06. The van der Waals surface area contributed by atoms with Crippen molar-refractivity contribution >= 4 is 11.7 Å². The monoisotopic (exact) mass is 347 g/mol. The van der Waals surface area contributed by atoms with Crippen molar-refractivity contribution in [2.45, 2.75) is 20.1 Å². The minimum absolute atomic E-state index is 0.276. The average Bonchev–Trinajstić information content (AvgIpc) is 2.67. The first-order chi connectivity index (χ1) is 12.6. The molecule has 0 aliphatic rings. The smallest absolute Gasteiger partial charge is 0.335 e. The highest BCUT2D eigenvalue weighted by atomic mass is 16.5. The zero-order valence-corrected chi connectivity index (χ0v) is 14.6. The summed E-state index contributed by atoms with van der Waals surface area (Å²) in [6.07, 6.45) is 0. The molecule has 0 aliphatic heterocycles. The van der Waals surface area contributed by atoms with Crippen molar-refractivity contribution < 1.29 is 14.6 Å². The van der Waals surface area contributed by atoms with Crippen molar-refractivity contribution in [1.29, 1.82) is 0 Å². The standard InChI is InChI=1S/C22H21NO3/c1-16-10-11-19(22(24)25)13-21(16)23-14-18-8-5-9-20(12-18)26-15-17-6-3-2-4-7-17/h2-13,23H,14-15H2,1H3,(H,24,25). The van der Waals surface area contributed by atoms with E-state index in [0.29, 0.717) is 13.2 Å². The number of carboxylic acids is 1. The molecule has 0 fully saturated rings. The summed E-state index contributed by atoms with van der Waals surface area (Å²) in [7, 11) is 0. The maximum absolute atomic E-state index is 11.1. The lowest BCUT2D eigenvalue weighted by molar-refractivity contribution is 0.0697. The zero-order valence-electron chi connectivity index (χ0n) is 14.6. The molecule has 0 unspecified atom stereocenters. The first-order valence-corrected chi connectivity index (χ1v) is 8.45. The van der Waals surface area contributed by atoms with Crippen LogP contribution in [0, 0.1) is 6.92 Å². The van der Waals surface area contributed by atoms with Gasteiger partial charge in [0.2, 0.25) is 0 Å². The maximum Gasteiger partial charge on any atom is 0.335 e. The normalized spacial score (nSPS) is 10.3. The van der Waals surface area contributed by atoms with Crippen molar-refractivity contribution in [1.82, 2.24) is 0 Å². The number of hydrogen-bond acceptors (Lipinski definition) is 3. The second-order valence-electron chi connectivity index (χ2n) is 6.11. The summed E-state index contributed by atoms with van der Waals surface area (Å²) < 4.78 is 5.85. The van der Waals surface area contributed by atoms with E-state index in [1.54, 1.807) is 12.1 Å². The minimum atomic E-state index is -0.927. The van der Waals surface area contributed by atoms with Gasteiger partial charge in [0.25, 0.3) is 0 Å². The van der Waals surface area contributed by atoms with E-state index < -0.39 is 5.97 Å². The summed E-state index contributed by atoms with van der Waals surface area (Å²) in [5.74, 6) is -0.117. The van der Waals surface area contributed by atoms with Gasteiger partial charge in [0, 0.05) is 12.2 Å². The molecule has 0 bridgehead atoms. The third-order valence-electron chi connectivity index (χ3n) is 4.11. The van der Waals surface area contributed by atoms with E-state index in [2.05, 4.69) is 5.32 Å². The molecule has 132 valence electrons. The predicted octanol–water partition coefficient (Wildman–Crippen LogP) is 4.88. The molecule has 26 heavy (non-hydrogen) atoms. The van der Waals surface area contributed by atoms with Gasteiger partial charge in [0.15, 0.2) is 0 Å². The number of carbonyl (C=O) groups is 1. The Morgan fingerprint density at radius 2 is 1.73 bits per heavy atom. The van der Waals surface area contributed by atoms with E-state index in [1.807, 2.05) is 67.6 Å². The quantitative estimate of drug-likeness (QED) is 0.639. The molecule has 2 N–H and O–H groups in total. The van der Waals surface area contributed by atoms with Crippen LogP contribution in [0.25, 0.3) is 0 Å². The van der Waals surface area contributed by atoms with E-state index in [-0.39, 0.29) is 5.56 Å². The number of ether oxygens (including phenoxy) is 1. The van der Waals surface area contributed by atoms with Gasteiger partial charge in [-0.25, -0.2) is 4.79 Å². The molecule has 0 heterocycles. The Hall–Kier alpha value is -3.27. The Balaban J connectivity index is 1.64. The Morgan fingerprint density at radius 1 is 0.962 bits per heavy atom. The summed E-state index contributed by atoms with van der Waals surface area (Å²) >= 11 is 0. The zero-order chi connectivity index (χ0) is 18.4. The average molecular weight is 347 g/mol. The van der Waals surface area contributed by atoms with Crippen molar-refractivity contribution in [3.05, 3.63) is 95.1 Å². The molecule has 0 saturated heterocycles. The fraction of sp³-hybridized carbons (Fsp3) is 0.136. The highest BCUT2D eigenvalue weighted by molar-refractivity contribution is 5.89. The SMILES string of the molecule is Cc1ccc(C(=O)O)cc1NCc1cccc(OCc2ccccc2)c1. The van der Waals surface area contributed by atoms with Crippen molar-refractivity contribution in [2.24, 2.45) is 0 Å². The Bertz CT molecular complexity index is 891. The van der Waals surface area contributed by atoms with Crippen LogP contribution in [0.4, 0.5) is 5.69 Å². The van der Waals surface area contributed by atoms with Crippen LogP contribution >= 0.6 is 0 Å². The molecule has 3 aromatic rings. The first-order valence-electron chi connectivity index (χ1n) is 8.45. The second kappa shape index (κ2) is 8.21. The van der Waals surface area contributed by atoms with Crippen LogP contribution in [0.15, 0.2) is 72.8 Å². The van der Waals surface area contributed by atoms with Gasteiger partial charge in [-0.15, -0.1) is 0 Å². The minimum Gasteiger partial charge on any atom is -0.489 e. The van der Waals surface area contributed by atoms with Crippen LogP contribution in [0.3, 0.4) is 0 Å². The Kier molecular flexibility index (Phi) is 5.54. The third-order valence-corrected chi connectivity index (χ3v) is 4.11. The second-order valence-corrected chi connectivity index (χ2v) is 6.11. The molecule has 0 aromatic heterocycles. The molecule has 4 heteroatoms. The molecule has 0 aliphatic carbocycles. The van der Waals surface area contributed by atoms with Gasteiger partial charge in [0.1, 0.15) is 12.4 Å². The van der Waals surface area contributed by atoms with E-state index in [1.165, 1.54) is 0 Å². The number of nitrogens with one attached hydrogen (secondary N) is 1. The summed E-state index contributed by atoms with van der Waals surface area (Å²) in [5.41, 5.74) is 4.29. The van der Waals surface area contributed by atoms with Gasteiger partial charge in [-0.05, 0) is 47.9 Å². The fourth-order valence-electron chi connectivity index (χ4n) is 2.63. The molecule has 0 amide bonds. The van der Waals surface area contributed by atoms with Crippen LogP contribution in [0.2, 0.25) is 0 Å². The highest BCUT2D eigenvalue weighted by Crippen LogP contribution is 2.20. The van der Waals surface area contributed by atoms with Crippen LogP contribution in [0.1, 0.15) is 27.0 Å². The van der Waals surface area contributed by atoms with Crippen molar-refractivity contribution in [2.75, 3.05) is 5.32 Å². The van der Waals surface area contributed by atoms with Gasteiger partial charge in [-0.1, -0.05) is 48.5 Å². The van der Waals surface area contributed by atoms with Gasteiger partial charge in [-0.2, -0.15) is 0 Å². The predicted molar refractivity (Wildman–Crippen MR) is 103 cm³/mol. The van der Waals surface area contributed by atoms with E-state index in [4.69, 9.17) is 9.84 Å². The number of hydrogen-bond donors (Lipinski definition) is 2. The Morgan fingerprint density at radius 3 is 2.50 bits per heavy atom. The number of carboxylic acid groups (broad SMARTS) is 1. The molecule has 3 aromatic carbocycles. The number of aromatic carboxylic acids is 1. The van der Waals surface area contributed by atoms with Crippen LogP contribution in [-0.4, -0.2) is 11.1 Å².